The Kier molecular flexibility index (Phi) is 6.57. The molecule has 132 valence electrons. The number of para-hydroxylation sites is 1. The minimum absolute atomic E-state index is 0.114. The first-order chi connectivity index (χ1) is 12.0. The van der Waals surface area contributed by atoms with Gasteiger partial charge in [0, 0.05) is 13.6 Å². The Balaban J connectivity index is 2.12. The fourth-order valence-corrected chi connectivity index (χ4v) is 2.54. The zero-order valence-corrected chi connectivity index (χ0v) is 14.9. The summed E-state index contributed by atoms with van der Waals surface area (Å²) in [7, 11) is 1.56. The SMILES string of the molecule is CNC(=O)[C@@H](C)N(Cc1cccc(C)c1)C(=O)COc1ccccc1. The third-order valence-corrected chi connectivity index (χ3v) is 3.95. The minimum atomic E-state index is -0.586. The summed E-state index contributed by atoms with van der Waals surface area (Å²) >= 11 is 0. The number of carbonyl (C=O) groups excluding carboxylic acids is 2. The number of amides is 2. The van der Waals surface area contributed by atoms with Crippen LogP contribution in [0.1, 0.15) is 18.1 Å². The minimum Gasteiger partial charge on any atom is -0.484 e. The second-order valence-electron chi connectivity index (χ2n) is 5.90. The summed E-state index contributed by atoms with van der Waals surface area (Å²) in [4.78, 5) is 26.3. The van der Waals surface area contributed by atoms with E-state index in [1.807, 2.05) is 49.4 Å². The standard InChI is InChI=1S/C20H24N2O3/c1-15-8-7-9-17(12-15)13-22(16(2)20(24)21-3)19(23)14-25-18-10-5-4-6-11-18/h4-12,16H,13-14H2,1-3H3,(H,21,24)/t16-/m1/s1. The van der Waals surface area contributed by atoms with Crippen LogP contribution in [0.2, 0.25) is 0 Å². The molecule has 0 heterocycles. The summed E-state index contributed by atoms with van der Waals surface area (Å²) in [6, 6.07) is 16.5. The smallest absolute Gasteiger partial charge is 0.261 e. The third-order valence-electron chi connectivity index (χ3n) is 3.95. The number of hydrogen-bond acceptors (Lipinski definition) is 3. The zero-order chi connectivity index (χ0) is 18.2. The highest BCUT2D eigenvalue weighted by atomic mass is 16.5. The Bertz CT molecular complexity index is 716. The van der Waals surface area contributed by atoms with Crippen molar-refractivity contribution in [2.45, 2.75) is 26.4 Å². The van der Waals surface area contributed by atoms with Gasteiger partial charge in [-0.2, -0.15) is 0 Å². The van der Waals surface area contributed by atoms with Gasteiger partial charge in [-0.25, -0.2) is 0 Å². The number of ether oxygens (including phenoxy) is 1. The number of nitrogens with zero attached hydrogens (tertiary/aromatic N) is 1. The van der Waals surface area contributed by atoms with Gasteiger partial charge in [0.2, 0.25) is 5.91 Å². The number of rotatable bonds is 7. The summed E-state index contributed by atoms with van der Waals surface area (Å²) in [5, 5.41) is 2.60. The number of hydrogen-bond donors (Lipinski definition) is 1. The van der Waals surface area contributed by atoms with E-state index in [-0.39, 0.29) is 18.4 Å². The molecule has 0 unspecified atom stereocenters. The molecule has 2 rings (SSSR count). The van der Waals surface area contributed by atoms with Gasteiger partial charge in [-0.3, -0.25) is 9.59 Å². The third kappa shape index (κ3) is 5.35. The number of likely N-dealkylation sites (N-methyl/N-ethyl adjacent to an activating group) is 1. The van der Waals surface area contributed by atoms with Gasteiger partial charge in [-0.1, -0.05) is 48.0 Å². The van der Waals surface area contributed by atoms with E-state index >= 15 is 0 Å². The summed E-state index contributed by atoms with van der Waals surface area (Å²) in [5.74, 6) is 0.182. The lowest BCUT2D eigenvalue weighted by molar-refractivity contribution is -0.142. The molecule has 5 nitrogen and oxygen atoms in total. The number of aryl methyl sites for hydroxylation is 1. The molecule has 1 N–H and O–H groups in total. The van der Waals surface area contributed by atoms with Crippen molar-refractivity contribution in [3.8, 4) is 5.75 Å². The first-order valence-electron chi connectivity index (χ1n) is 8.25. The van der Waals surface area contributed by atoms with Crippen molar-refractivity contribution in [1.82, 2.24) is 10.2 Å². The normalized spacial score (nSPS) is 11.5. The second-order valence-corrected chi connectivity index (χ2v) is 5.90. The van der Waals surface area contributed by atoms with Crippen LogP contribution in [0.25, 0.3) is 0 Å². The predicted octanol–water partition coefficient (Wildman–Crippen LogP) is 2.54. The molecule has 5 heteroatoms. The van der Waals surface area contributed by atoms with Crippen LogP contribution < -0.4 is 10.1 Å². The maximum atomic E-state index is 12.7. The maximum Gasteiger partial charge on any atom is 0.261 e. The molecule has 1 atom stereocenters. The van der Waals surface area contributed by atoms with E-state index in [0.29, 0.717) is 12.3 Å². The van der Waals surface area contributed by atoms with E-state index in [9.17, 15) is 9.59 Å². The average Bonchev–Trinajstić information content (AvgIpc) is 2.64. The van der Waals surface area contributed by atoms with Gasteiger partial charge in [0.05, 0.1) is 0 Å². The lowest BCUT2D eigenvalue weighted by atomic mass is 10.1. The van der Waals surface area contributed by atoms with Crippen molar-refractivity contribution in [3.63, 3.8) is 0 Å². The average molecular weight is 340 g/mol. The zero-order valence-electron chi connectivity index (χ0n) is 14.9. The number of benzene rings is 2. The van der Waals surface area contributed by atoms with Crippen LogP contribution in [0, 0.1) is 6.92 Å². The van der Waals surface area contributed by atoms with Gasteiger partial charge in [0.25, 0.3) is 5.91 Å². The first kappa shape index (κ1) is 18.5. The Hall–Kier alpha value is -2.82. The molecule has 0 saturated heterocycles. The fourth-order valence-electron chi connectivity index (χ4n) is 2.54. The van der Waals surface area contributed by atoms with Crippen LogP contribution in [-0.2, 0) is 16.1 Å². The quantitative estimate of drug-likeness (QED) is 0.843. The molecule has 0 aliphatic carbocycles. The van der Waals surface area contributed by atoms with Gasteiger partial charge in [-0.15, -0.1) is 0 Å². The lowest BCUT2D eigenvalue weighted by Crippen LogP contribution is -2.48. The van der Waals surface area contributed by atoms with Crippen molar-refractivity contribution in [3.05, 3.63) is 65.7 Å². The molecule has 0 aromatic heterocycles. The first-order valence-corrected chi connectivity index (χ1v) is 8.25. The number of nitrogens with one attached hydrogen (secondary N) is 1. The number of carbonyl (C=O) groups is 2. The summed E-state index contributed by atoms with van der Waals surface area (Å²) in [6.07, 6.45) is 0. The molecule has 0 bridgehead atoms. The topological polar surface area (TPSA) is 58.6 Å². The molecule has 2 amide bonds. The summed E-state index contributed by atoms with van der Waals surface area (Å²) < 4.78 is 5.55. The predicted molar refractivity (Wildman–Crippen MR) is 97.2 cm³/mol. The Morgan fingerprint density at radius 3 is 2.48 bits per heavy atom. The van der Waals surface area contributed by atoms with Crippen LogP contribution in [-0.4, -0.2) is 36.4 Å². The van der Waals surface area contributed by atoms with Gasteiger partial charge in [0.1, 0.15) is 11.8 Å². The highest BCUT2D eigenvalue weighted by Crippen LogP contribution is 2.13. The van der Waals surface area contributed by atoms with Crippen molar-refractivity contribution in [2.75, 3.05) is 13.7 Å². The molecule has 25 heavy (non-hydrogen) atoms. The van der Waals surface area contributed by atoms with E-state index in [4.69, 9.17) is 4.74 Å². The molecule has 0 aliphatic heterocycles. The van der Waals surface area contributed by atoms with E-state index in [2.05, 4.69) is 5.32 Å². The van der Waals surface area contributed by atoms with E-state index in [0.717, 1.165) is 11.1 Å². The second kappa shape index (κ2) is 8.87. The Morgan fingerprint density at radius 1 is 1.12 bits per heavy atom. The molecule has 0 saturated carbocycles. The van der Waals surface area contributed by atoms with Crippen molar-refractivity contribution < 1.29 is 14.3 Å². The largest absolute Gasteiger partial charge is 0.484 e. The Morgan fingerprint density at radius 2 is 1.84 bits per heavy atom. The van der Waals surface area contributed by atoms with Crippen molar-refractivity contribution in [2.24, 2.45) is 0 Å². The monoisotopic (exact) mass is 340 g/mol. The molecule has 0 aliphatic rings. The molecule has 0 spiro atoms. The van der Waals surface area contributed by atoms with Crippen molar-refractivity contribution in [1.29, 1.82) is 0 Å². The van der Waals surface area contributed by atoms with Crippen LogP contribution in [0.3, 0.4) is 0 Å². The van der Waals surface area contributed by atoms with Crippen LogP contribution in [0.4, 0.5) is 0 Å². The van der Waals surface area contributed by atoms with Gasteiger partial charge in [-0.05, 0) is 31.5 Å². The summed E-state index contributed by atoms with van der Waals surface area (Å²) in [5.41, 5.74) is 2.09. The molecule has 2 aromatic carbocycles. The molecule has 0 fully saturated rings. The lowest BCUT2D eigenvalue weighted by Gasteiger charge is -2.28. The van der Waals surface area contributed by atoms with Crippen LogP contribution in [0.5, 0.6) is 5.75 Å². The summed E-state index contributed by atoms with van der Waals surface area (Å²) in [6.45, 7) is 3.95. The van der Waals surface area contributed by atoms with E-state index in [1.165, 1.54) is 4.90 Å². The molecular formula is C20H24N2O3. The molecule has 2 aromatic rings. The maximum absolute atomic E-state index is 12.7. The fraction of sp³-hybridized carbons (Fsp3) is 0.300. The highest BCUT2D eigenvalue weighted by Gasteiger charge is 2.25. The Labute approximate surface area is 148 Å². The van der Waals surface area contributed by atoms with Crippen molar-refractivity contribution >= 4 is 11.8 Å². The molecule has 0 radical (unpaired) electrons. The van der Waals surface area contributed by atoms with Gasteiger partial charge < -0.3 is 15.0 Å². The van der Waals surface area contributed by atoms with Gasteiger partial charge >= 0.3 is 0 Å². The van der Waals surface area contributed by atoms with Crippen LogP contribution in [0.15, 0.2) is 54.6 Å². The van der Waals surface area contributed by atoms with Gasteiger partial charge in [0.15, 0.2) is 6.61 Å². The molecular weight excluding hydrogens is 316 g/mol. The highest BCUT2D eigenvalue weighted by molar-refractivity contribution is 5.87. The van der Waals surface area contributed by atoms with E-state index in [1.54, 1.807) is 26.1 Å². The van der Waals surface area contributed by atoms with Crippen LogP contribution >= 0.6 is 0 Å². The van der Waals surface area contributed by atoms with E-state index < -0.39 is 6.04 Å².